The molecule has 0 radical (unpaired) electrons. The van der Waals surface area contributed by atoms with Gasteiger partial charge in [-0.25, -0.2) is 4.98 Å². The molecule has 0 N–H and O–H groups in total. The van der Waals surface area contributed by atoms with Gasteiger partial charge in [0.1, 0.15) is 6.54 Å². The van der Waals surface area contributed by atoms with Gasteiger partial charge in [0.15, 0.2) is 5.13 Å². The zero-order chi connectivity index (χ0) is 22.0. The first-order chi connectivity index (χ1) is 14.9. The Bertz CT molecular complexity index is 983. The van der Waals surface area contributed by atoms with Gasteiger partial charge in [-0.1, -0.05) is 17.4 Å². The lowest BCUT2D eigenvalue weighted by atomic mass is 10.1. The lowest BCUT2D eigenvalue weighted by molar-refractivity contribution is -0.141. The van der Waals surface area contributed by atoms with E-state index < -0.39 is 0 Å². The van der Waals surface area contributed by atoms with Crippen LogP contribution in [0.3, 0.4) is 0 Å². The Morgan fingerprint density at radius 2 is 1.87 bits per heavy atom. The molecule has 3 heterocycles. The highest BCUT2D eigenvalue weighted by molar-refractivity contribution is 7.22. The van der Waals surface area contributed by atoms with Gasteiger partial charge in [-0.05, 0) is 37.5 Å². The fourth-order valence-electron chi connectivity index (χ4n) is 4.10. The van der Waals surface area contributed by atoms with E-state index in [-0.39, 0.29) is 37.1 Å². The summed E-state index contributed by atoms with van der Waals surface area (Å²) < 4.78 is 6.43. The third-order valence-electron chi connectivity index (χ3n) is 5.76. The zero-order valence-corrected chi connectivity index (χ0v) is 18.9. The standard InChI is InChI=1S/C22H28N4O4S/c1-15-12-16(2)21-17(13-15)31-22(23-21)25(7-3-6-24-8-10-30-11-9-24)20(29)14-26-18(27)4-5-19(26)28/h12-13H,3-11,14H2,1-2H3. The maximum Gasteiger partial charge on any atom is 0.248 e. The third-order valence-corrected chi connectivity index (χ3v) is 6.78. The van der Waals surface area contributed by atoms with E-state index in [1.165, 1.54) is 11.3 Å². The van der Waals surface area contributed by atoms with Crippen LogP contribution in [0.15, 0.2) is 12.1 Å². The van der Waals surface area contributed by atoms with Crippen LogP contribution in [0.2, 0.25) is 0 Å². The summed E-state index contributed by atoms with van der Waals surface area (Å²) in [6.07, 6.45) is 1.15. The van der Waals surface area contributed by atoms with E-state index >= 15 is 0 Å². The van der Waals surface area contributed by atoms with Crippen molar-refractivity contribution in [1.29, 1.82) is 0 Å². The second kappa shape index (κ2) is 9.42. The maximum atomic E-state index is 13.2. The van der Waals surface area contributed by atoms with E-state index in [1.54, 1.807) is 4.90 Å². The van der Waals surface area contributed by atoms with Gasteiger partial charge in [0.05, 0.1) is 23.4 Å². The van der Waals surface area contributed by atoms with E-state index in [4.69, 9.17) is 9.72 Å². The summed E-state index contributed by atoms with van der Waals surface area (Å²) in [7, 11) is 0. The lowest BCUT2D eigenvalue weighted by Gasteiger charge is -2.28. The molecular weight excluding hydrogens is 416 g/mol. The molecule has 0 bridgehead atoms. The molecule has 2 fully saturated rings. The van der Waals surface area contributed by atoms with Crippen molar-refractivity contribution in [3.05, 3.63) is 23.3 Å². The Kier molecular flexibility index (Phi) is 6.64. The van der Waals surface area contributed by atoms with Crippen LogP contribution >= 0.6 is 11.3 Å². The zero-order valence-electron chi connectivity index (χ0n) is 18.1. The van der Waals surface area contributed by atoms with Crippen LogP contribution in [-0.2, 0) is 19.1 Å². The number of carbonyl (C=O) groups is 3. The SMILES string of the molecule is Cc1cc(C)c2nc(N(CCCN3CCOCC3)C(=O)CN3C(=O)CCC3=O)sc2c1. The van der Waals surface area contributed by atoms with Crippen molar-refractivity contribution in [2.75, 3.05) is 50.8 Å². The maximum absolute atomic E-state index is 13.2. The highest BCUT2D eigenvalue weighted by Gasteiger charge is 2.32. The Labute approximate surface area is 185 Å². The number of amides is 3. The average Bonchev–Trinajstić information content (AvgIpc) is 3.30. The summed E-state index contributed by atoms with van der Waals surface area (Å²) in [5.74, 6) is -0.816. The minimum absolute atomic E-state index is 0.183. The minimum atomic E-state index is -0.276. The Hall–Kier alpha value is -2.36. The Balaban J connectivity index is 1.54. The number of aromatic nitrogens is 1. The van der Waals surface area contributed by atoms with Crippen molar-refractivity contribution in [2.45, 2.75) is 33.1 Å². The molecule has 4 rings (SSSR count). The summed E-state index contributed by atoms with van der Waals surface area (Å²) in [4.78, 5) is 47.1. The van der Waals surface area contributed by atoms with Crippen molar-refractivity contribution >= 4 is 44.4 Å². The molecule has 31 heavy (non-hydrogen) atoms. The number of hydrogen-bond donors (Lipinski definition) is 0. The van der Waals surface area contributed by atoms with E-state index in [2.05, 4.69) is 17.0 Å². The largest absolute Gasteiger partial charge is 0.379 e. The number of ether oxygens (including phenoxy) is 1. The molecule has 0 atom stereocenters. The van der Waals surface area contributed by atoms with Gasteiger partial charge in [-0.2, -0.15) is 0 Å². The van der Waals surface area contributed by atoms with Crippen LogP contribution < -0.4 is 4.90 Å². The van der Waals surface area contributed by atoms with Crippen molar-refractivity contribution in [3.63, 3.8) is 0 Å². The molecule has 0 aliphatic carbocycles. The van der Waals surface area contributed by atoms with Gasteiger partial charge in [0, 0.05) is 39.0 Å². The number of fused-ring (bicyclic) bond motifs is 1. The number of hydrogen-bond acceptors (Lipinski definition) is 7. The van der Waals surface area contributed by atoms with Crippen molar-refractivity contribution < 1.29 is 19.1 Å². The van der Waals surface area contributed by atoms with Crippen molar-refractivity contribution in [3.8, 4) is 0 Å². The molecule has 2 aromatic rings. The number of anilines is 1. The van der Waals surface area contributed by atoms with Crippen LogP contribution in [0.25, 0.3) is 10.2 Å². The Morgan fingerprint density at radius 3 is 2.58 bits per heavy atom. The van der Waals surface area contributed by atoms with Gasteiger partial charge >= 0.3 is 0 Å². The minimum Gasteiger partial charge on any atom is -0.379 e. The molecule has 1 aromatic heterocycles. The number of thiazole rings is 1. The van der Waals surface area contributed by atoms with Crippen LogP contribution in [0.4, 0.5) is 5.13 Å². The molecule has 0 spiro atoms. The first-order valence-corrected chi connectivity index (χ1v) is 11.6. The summed E-state index contributed by atoms with van der Waals surface area (Å²) in [5, 5.41) is 0.620. The predicted octanol–water partition coefficient (Wildman–Crippen LogP) is 2.12. The first kappa shape index (κ1) is 21.9. The summed E-state index contributed by atoms with van der Waals surface area (Å²) in [6.45, 7) is 8.45. The molecule has 0 saturated carbocycles. The molecule has 8 nitrogen and oxygen atoms in total. The fraction of sp³-hybridized carbons (Fsp3) is 0.545. The average molecular weight is 445 g/mol. The molecule has 166 valence electrons. The highest BCUT2D eigenvalue weighted by atomic mass is 32.1. The topological polar surface area (TPSA) is 83.1 Å². The van der Waals surface area contributed by atoms with Crippen LogP contribution in [0.1, 0.15) is 30.4 Å². The van der Waals surface area contributed by atoms with Crippen molar-refractivity contribution in [2.24, 2.45) is 0 Å². The number of carbonyl (C=O) groups excluding carboxylic acids is 3. The van der Waals surface area contributed by atoms with E-state index in [1.807, 2.05) is 13.8 Å². The van der Waals surface area contributed by atoms with E-state index in [0.29, 0.717) is 11.7 Å². The number of likely N-dealkylation sites (tertiary alicyclic amines) is 1. The normalized spacial score (nSPS) is 17.7. The number of imide groups is 1. The quantitative estimate of drug-likeness (QED) is 0.609. The predicted molar refractivity (Wildman–Crippen MR) is 119 cm³/mol. The molecule has 1 aromatic carbocycles. The summed E-state index contributed by atoms with van der Waals surface area (Å²) >= 11 is 1.48. The molecule has 0 unspecified atom stereocenters. The first-order valence-electron chi connectivity index (χ1n) is 10.7. The number of benzene rings is 1. The number of rotatable bonds is 7. The van der Waals surface area contributed by atoms with E-state index in [0.717, 1.165) is 65.5 Å². The molecule has 9 heteroatoms. The third kappa shape index (κ3) is 4.94. The number of nitrogens with zero attached hydrogens (tertiary/aromatic N) is 4. The van der Waals surface area contributed by atoms with Crippen molar-refractivity contribution in [1.82, 2.24) is 14.8 Å². The summed E-state index contributed by atoms with van der Waals surface area (Å²) in [6, 6.07) is 4.16. The lowest BCUT2D eigenvalue weighted by Crippen LogP contribution is -2.44. The van der Waals surface area contributed by atoms with Gasteiger partial charge < -0.3 is 4.74 Å². The number of morpholine rings is 1. The van der Waals surface area contributed by atoms with Crippen LogP contribution in [0, 0.1) is 13.8 Å². The molecule has 2 aliphatic rings. The molecule has 2 aliphatic heterocycles. The van der Waals surface area contributed by atoms with Gasteiger partial charge in [-0.15, -0.1) is 0 Å². The highest BCUT2D eigenvalue weighted by Crippen LogP contribution is 2.32. The van der Waals surface area contributed by atoms with Crippen LogP contribution in [0.5, 0.6) is 0 Å². The van der Waals surface area contributed by atoms with Gasteiger partial charge in [0.25, 0.3) is 0 Å². The second-order valence-electron chi connectivity index (χ2n) is 8.15. The van der Waals surface area contributed by atoms with Gasteiger partial charge in [-0.3, -0.25) is 29.1 Å². The molecule has 2 saturated heterocycles. The molecule has 3 amide bonds. The monoisotopic (exact) mass is 444 g/mol. The summed E-state index contributed by atoms with van der Waals surface area (Å²) in [5.41, 5.74) is 3.12. The Morgan fingerprint density at radius 1 is 1.16 bits per heavy atom. The van der Waals surface area contributed by atoms with Gasteiger partial charge in [0.2, 0.25) is 17.7 Å². The smallest absolute Gasteiger partial charge is 0.248 e. The second-order valence-corrected chi connectivity index (χ2v) is 9.16. The number of aryl methyl sites for hydroxylation is 2. The fourth-order valence-corrected chi connectivity index (χ4v) is 5.28. The van der Waals surface area contributed by atoms with E-state index in [9.17, 15) is 14.4 Å². The van der Waals surface area contributed by atoms with Crippen LogP contribution in [-0.4, -0.2) is 78.4 Å². The molecular formula is C22H28N4O4S.